The van der Waals surface area contributed by atoms with Gasteiger partial charge in [-0.25, -0.2) is 0 Å². The van der Waals surface area contributed by atoms with Crippen LogP contribution in [0.5, 0.6) is 0 Å². The van der Waals surface area contributed by atoms with Crippen LogP contribution >= 0.6 is 0 Å². The molecule has 0 radical (unpaired) electrons. The molecule has 0 heterocycles. The Hall–Kier alpha value is -1.86. The fourth-order valence-electron chi connectivity index (χ4n) is 2.10. The van der Waals surface area contributed by atoms with Crippen molar-refractivity contribution in [1.82, 2.24) is 0 Å². The van der Waals surface area contributed by atoms with E-state index in [2.05, 4.69) is 43.0 Å². The van der Waals surface area contributed by atoms with Gasteiger partial charge < -0.3 is 4.74 Å². The molecule has 0 fully saturated rings. The number of ether oxygens (including phenoxy) is 1. The molecule has 0 saturated carbocycles. The number of benzene rings is 2. The Morgan fingerprint density at radius 1 is 0.800 bits per heavy atom. The van der Waals surface area contributed by atoms with E-state index >= 15 is 0 Å². The molecule has 0 N–H and O–H groups in total. The average molecular weight is 266 g/mol. The molecule has 0 aliphatic carbocycles. The minimum Gasteiger partial charge on any atom is -0.376 e. The van der Waals surface area contributed by atoms with Gasteiger partial charge in [-0.1, -0.05) is 60.7 Å². The van der Waals surface area contributed by atoms with E-state index in [1.165, 1.54) is 16.7 Å². The molecule has 1 nitrogen and oxygen atoms in total. The number of aryl methyl sites for hydroxylation is 1. The van der Waals surface area contributed by atoms with Gasteiger partial charge in [0, 0.05) is 0 Å². The van der Waals surface area contributed by atoms with E-state index in [4.69, 9.17) is 4.74 Å². The third kappa shape index (κ3) is 5.02. The molecule has 2 rings (SSSR count). The molecular weight excluding hydrogens is 244 g/mol. The maximum absolute atomic E-state index is 5.71. The molecule has 2 aromatic carbocycles. The summed E-state index contributed by atoms with van der Waals surface area (Å²) in [5.41, 5.74) is 3.94. The highest BCUT2D eigenvalue weighted by Gasteiger charge is 1.96. The molecule has 2 aromatic rings. The molecule has 104 valence electrons. The van der Waals surface area contributed by atoms with Crippen molar-refractivity contribution in [3.63, 3.8) is 0 Å². The third-order valence-corrected chi connectivity index (χ3v) is 3.31. The highest BCUT2D eigenvalue weighted by molar-refractivity contribution is 5.23. The second-order valence-corrected chi connectivity index (χ2v) is 4.93. The Bertz CT molecular complexity index is 499. The minimum absolute atomic E-state index is 0.693. The van der Waals surface area contributed by atoms with Gasteiger partial charge in [-0.3, -0.25) is 0 Å². The van der Waals surface area contributed by atoms with Crippen LogP contribution in [0.4, 0.5) is 0 Å². The van der Waals surface area contributed by atoms with Gasteiger partial charge in [-0.05, 0) is 36.0 Å². The average Bonchev–Trinajstić information content (AvgIpc) is 2.52. The lowest BCUT2D eigenvalue weighted by molar-refractivity contribution is 0.124. The Kier molecular flexibility index (Phi) is 6.07. The first-order valence-electron chi connectivity index (χ1n) is 7.19. The van der Waals surface area contributed by atoms with E-state index in [1.54, 1.807) is 0 Å². The maximum Gasteiger partial charge on any atom is 0.0717 e. The van der Waals surface area contributed by atoms with Gasteiger partial charge in [-0.2, -0.15) is 0 Å². The van der Waals surface area contributed by atoms with Crippen LogP contribution in [0, 0.1) is 0 Å². The summed E-state index contributed by atoms with van der Waals surface area (Å²) in [5, 5.41) is 0. The second-order valence-electron chi connectivity index (χ2n) is 4.93. The Labute approximate surface area is 121 Å². The van der Waals surface area contributed by atoms with Crippen LogP contribution in [0.1, 0.15) is 23.1 Å². The Morgan fingerprint density at radius 2 is 1.45 bits per heavy atom. The zero-order chi connectivity index (χ0) is 14.0. The molecule has 0 aliphatic heterocycles. The quantitative estimate of drug-likeness (QED) is 0.502. The highest BCUT2D eigenvalue weighted by atomic mass is 16.5. The SMILES string of the molecule is C=CCCc1ccc(CCOCc2ccccc2)cc1. The lowest BCUT2D eigenvalue weighted by Crippen LogP contribution is -1.99. The van der Waals surface area contributed by atoms with E-state index in [0.717, 1.165) is 25.9 Å². The molecule has 0 bridgehead atoms. The fourth-order valence-corrected chi connectivity index (χ4v) is 2.10. The summed E-state index contributed by atoms with van der Waals surface area (Å²) in [7, 11) is 0. The van der Waals surface area contributed by atoms with Gasteiger partial charge in [0.1, 0.15) is 0 Å². The minimum atomic E-state index is 0.693. The van der Waals surface area contributed by atoms with Crippen molar-refractivity contribution < 1.29 is 4.74 Å². The normalized spacial score (nSPS) is 10.4. The molecule has 0 unspecified atom stereocenters. The number of hydrogen-bond acceptors (Lipinski definition) is 1. The van der Waals surface area contributed by atoms with Crippen LogP contribution in [0.2, 0.25) is 0 Å². The predicted octanol–water partition coefficient (Wildman–Crippen LogP) is 4.56. The molecule has 0 atom stereocenters. The summed E-state index contributed by atoms with van der Waals surface area (Å²) >= 11 is 0. The Balaban J connectivity index is 1.70. The monoisotopic (exact) mass is 266 g/mol. The van der Waals surface area contributed by atoms with Gasteiger partial charge in [0.15, 0.2) is 0 Å². The van der Waals surface area contributed by atoms with E-state index in [0.29, 0.717) is 6.61 Å². The molecular formula is C19H22O. The summed E-state index contributed by atoms with van der Waals surface area (Å²) in [6, 6.07) is 19.1. The fraction of sp³-hybridized carbons (Fsp3) is 0.263. The summed E-state index contributed by atoms with van der Waals surface area (Å²) in [6.07, 6.45) is 5.05. The van der Waals surface area contributed by atoms with Crippen LogP contribution in [0.15, 0.2) is 67.3 Å². The van der Waals surface area contributed by atoms with Crippen LogP contribution in [0.25, 0.3) is 0 Å². The van der Waals surface area contributed by atoms with Crippen molar-refractivity contribution in [2.75, 3.05) is 6.61 Å². The molecule has 20 heavy (non-hydrogen) atoms. The van der Waals surface area contributed by atoms with Crippen molar-refractivity contribution in [3.8, 4) is 0 Å². The largest absolute Gasteiger partial charge is 0.376 e. The zero-order valence-electron chi connectivity index (χ0n) is 11.9. The van der Waals surface area contributed by atoms with Gasteiger partial charge >= 0.3 is 0 Å². The lowest BCUT2D eigenvalue weighted by Gasteiger charge is -2.06. The molecule has 0 aliphatic rings. The molecule has 0 amide bonds. The van der Waals surface area contributed by atoms with Gasteiger partial charge in [0.05, 0.1) is 13.2 Å². The number of hydrogen-bond donors (Lipinski definition) is 0. The van der Waals surface area contributed by atoms with E-state index in [9.17, 15) is 0 Å². The smallest absolute Gasteiger partial charge is 0.0717 e. The second kappa shape index (κ2) is 8.34. The van der Waals surface area contributed by atoms with Crippen LogP contribution < -0.4 is 0 Å². The Morgan fingerprint density at radius 3 is 2.10 bits per heavy atom. The van der Waals surface area contributed by atoms with Crippen molar-refractivity contribution in [1.29, 1.82) is 0 Å². The van der Waals surface area contributed by atoms with Crippen molar-refractivity contribution >= 4 is 0 Å². The standard InChI is InChI=1S/C19H22O/c1-2-3-7-17-10-12-18(13-11-17)14-15-20-16-19-8-5-4-6-9-19/h2,4-6,8-13H,1,3,7,14-16H2. The summed E-state index contributed by atoms with van der Waals surface area (Å²) in [6.45, 7) is 5.21. The van der Waals surface area contributed by atoms with Crippen molar-refractivity contribution in [2.45, 2.75) is 25.9 Å². The van der Waals surface area contributed by atoms with Crippen molar-refractivity contribution in [2.24, 2.45) is 0 Å². The first-order valence-corrected chi connectivity index (χ1v) is 7.19. The van der Waals surface area contributed by atoms with Crippen LogP contribution in [-0.4, -0.2) is 6.61 Å². The first kappa shape index (κ1) is 14.5. The van der Waals surface area contributed by atoms with E-state index in [1.807, 2.05) is 24.3 Å². The number of allylic oxidation sites excluding steroid dienone is 1. The lowest BCUT2D eigenvalue weighted by atomic mass is 10.1. The summed E-state index contributed by atoms with van der Waals surface area (Å²) < 4.78 is 5.71. The third-order valence-electron chi connectivity index (χ3n) is 3.31. The topological polar surface area (TPSA) is 9.23 Å². The maximum atomic E-state index is 5.71. The summed E-state index contributed by atoms with van der Waals surface area (Å²) in [4.78, 5) is 0. The zero-order valence-corrected chi connectivity index (χ0v) is 11.9. The summed E-state index contributed by atoms with van der Waals surface area (Å²) in [5.74, 6) is 0. The predicted molar refractivity (Wildman–Crippen MR) is 84.8 cm³/mol. The van der Waals surface area contributed by atoms with E-state index < -0.39 is 0 Å². The van der Waals surface area contributed by atoms with Gasteiger partial charge in [0.2, 0.25) is 0 Å². The molecule has 0 aromatic heterocycles. The van der Waals surface area contributed by atoms with Gasteiger partial charge in [0.25, 0.3) is 0 Å². The van der Waals surface area contributed by atoms with Crippen LogP contribution in [0.3, 0.4) is 0 Å². The number of rotatable bonds is 8. The molecule has 1 heteroatoms. The van der Waals surface area contributed by atoms with Crippen molar-refractivity contribution in [3.05, 3.63) is 83.9 Å². The molecule has 0 spiro atoms. The highest BCUT2D eigenvalue weighted by Crippen LogP contribution is 2.08. The van der Waals surface area contributed by atoms with Gasteiger partial charge in [-0.15, -0.1) is 6.58 Å². The molecule has 0 saturated heterocycles. The van der Waals surface area contributed by atoms with E-state index in [-0.39, 0.29) is 0 Å². The van der Waals surface area contributed by atoms with Crippen LogP contribution in [-0.2, 0) is 24.2 Å². The first-order chi connectivity index (χ1) is 9.88.